The smallest absolute Gasteiger partial charge is 0.339 e. The van der Waals surface area contributed by atoms with Crippen LogP contribution in [0.5, 0.6) is 0 Å². The molecule has 0 atom stereocenters. The maximum absolute atomic E-state index is 12.9. The number of carbonyl (C=O) groups excluding carboxylic acids is 1. The normalized spacial score (nSPS) is 15.5. The molecule has 2 aromatic heterocycles. The summed E-state index contributed by atoms with van der Waals surface area (Å²) in [7, 11) is 0. The number of carbonyl (C=O) groups is 2. The van der Waals surface area contributed by atoms with Gasteiger partial charge in [0.2, 0.25) is 0 Å². The fraction of sp³-hybridized carbons (Fsp3) is 0.579. The lowest BCUT2D eigenvalue weighted by Crippen LogP contribution is -2.39. The molecule has 0 spiro atoms. The summed E-state index contributed by atoms with van der Waals surface area (Å²) in [6.45, 7) is 10.0. The third-order valence-corrected chi connectivity index (χ3v) is 5.24. The van der Waals surface area contributed by atoms with Crippen LogP contribution < -0.4 is 0 Å². The van der Waals surface area contributed by atoms with E-state index in [4.69, 9.17) is 0 Å². The highest BCUT2D eigenvalue weighted by Crippen LogP contribution is 2.26. The van der Waals surface area contributed by atoms with Crippen molar-refractivity contribution >= 4 is 11.9 Å². The van der Waals surface area contributed by atoms with Crippen molar-refractivity contribution in [2.24, 2.45) is 5.92 Å². The van der Waals surface area contributed by atoms with Crippen LogP contribution in [0, 0.1) is 19.8 Å². The van der Waals surface area contributed by atoms with Crippen molar-refractivity contribution in [2.45, 2.75) is 53.1 Å². The molecule has 0 unspecified atom stereocenters. The zero-order chi connectivity index (χ0) is 19.7. The highest BCUT2D eigenvalue weighted by molar-refractivity contribution is 5.95. The van der Waals surface area contributed by atoms with Gasteiger partial charge in [-0.15, -0.1) is 0 Å². The maximum atomic E-state index is 12.9. The summed E-state index contributed by atoms with van der Waals surface area (Å²) >= 11 is 0. The zero-order valence-electron chi connectivity index (χ0n) is 16.3. The fourth-order valence-corrected chi connectivity index (χ4v) is 3.67. The average molecular weight is 373 g/mol. The van der Waals surface area contributed by atoms with Gasteiger partial charge in [0.1, 0.15) is 5.56 Å². The van der Waals surface area contributed by atoms with Crippen LogP contribution in [0.3, 0.4) is 0 Å². The molecule has 146 valence electrons. The third kappa shape index (κ3) is 3.74. The van der Waals surface area contributed by atoms with E-state index >= 15 is 0 Å². The van der Waals surface area contributed by atoms with E-state index in [0.29, 0.717) is 30.3 Å². The molecule has 0 radical (unpaired) electrons. The summed E-state index contributed by atoms with van der Waals surface area (Å²) in [5, 5.41) is 17.8. The molecule has 2 aromatic rings. The Labute approximate surface area is 158 Å². The van der Waals surface area contributed by atoms with E-state index in [-0.39, 0.29) is 17.5 Å². The Morgan fingerprint density at radius 2 is 1.74 bits per heavy atom. The highest BCUT2D eigenvalue weighted by atomic mass is 16.4. The summed E-state index contributed by atoms with van der Waals surface area (Å²) in [6.07, 6.45) is 4.59. The number of likely N-dealkylation sites (tertiary alicyclic amines) is 1. The van der Waals surface area contributed by atoms with Crippen molar-refractivity contribution in [3.8, 4) is 0 Å². The Hall–Kier alpha value is -2.64. The second-order valence-electron chi connectivity index (χ2n) is 7.64. The first-order chi connectivity index (χ1) is 12.8. The Bertz CT molecular complexity index is 844. The third-order valence-electron chi connectivity index (χ3n) is 5.24. The average Bonchev–Trinajstić information content (AvgIpc) is 3.17. The van der Waals surface area contributed by atoms with E-state index in [9.17, 15) is 14.7 Å². The predicted molar refractivity (Wildman–Crippen MR) is 99.9 cm³/mol. The quantitative estimate of drug-likeness (QED) is 0.869. The van der Waals surface area contributed by atoms with Crippen molar-refractivity contribution in [2.75, 3.05) is 13.1 Å². The van der Waals surface area contributed by atoms with Gasteiger partial charge in [-0.2, -0.15) is 10.2 Å². The second-order valence-corrected chi connectivity index (χ2v) is 7.64. The van der Waals surface area contributed by atoms with Crippen molar-refractivity contribution < 1.29 is 14.7 Å². The number of aromatic nitrogens is 4. The summed E-state index contributed by atoms with van der Waals surface area (Å²) < 4.78 is 3.68. The van der Waals surface area contributed by atoms with Gasteiger partial charge in [-0.25, -0.2) is 4.79 Å². The molecule has 1 saturated heterocycles. The number of aromatic carboxylic acids is 1. The number of amides is 1. The fourth-order valence-electron chi connectivity index (χ4n) is 3.67. The van der Waals surface area contributed by atoms with Crippen molar-refractivity contribution in [1.82, 2.24) is 24.5 Å². The Morgan fingerprint density at radius 1 is 1.11 bits per heavy atom. The Balaban J connectivity index is 1.66. The molecule has 1 amide bonds. The first-order valence-corrected chi connectivity index (χ1v) is 9.38. The minimum Gasteiger partial charge on any atom is -0.478 e. The molecule has 1 aliphatic rings. The molecule has 8 nitrogen and oxygen atoms in total. The number of rotatable bonds is 5. The predicted octanol–water partition coefficient (Wildman–Crippen LogP) is 2.53. The minimum absolute atomic E-state index is 0.0179. The van der Waals surface area contributed by atoms with Crippen LogP contribution in [0.25, 0.3) is 0 Å². The van der Waals surface area contributed by atoms with Gasteiger partial charge in [0, 0.05) is 25.3 Å². The SMILES string of the molecule is Cc1c(C(=O)N2CCC(n3ncc(C(=O)O)c3C)CC2)cnn1CC(C)C. The highest BCUT2D eigenvalue weighted by Gasteiger charge is 2.28. The van der Waals surface area contributed by atoms with Crippen LogP contribution >= 0.6 is 0 Å². The largest absolute Gasteiger partial charge is 0.478 e. The molecular weight excluding hydrogens is 346 g/mol. The van der Waals surface area contributed by atoms with Crippen molar-refractivity contribution in [3.05, 3.63) is 34.9 Å². The van der Waals surface area contributed by atoms with Gasteiger partial charge in [-0.1, -0.05) is 13.8 Å². The second kappa shape index (κ2) is 7.54. The molecule has 27 heavy (non-hydrogen) atoms. The van der Waals surface area contributed by atoms with E-state index in [1.54, 1.807) is 17.8 Å². The molecule has 3 heterocycles. The first-order valence-electron chi connectivity index (χ1n) is 9.38. The van der Waals surface area contributed by atoms with Gasteiger partial charge >= 0.3 is 5.97 Å². The summed E-state index contributed by atoms with van der Waals surface area (Å²) in [5.41, 5.74) is 2.47. The summed E-state index contributed by atoms with van der Waals surface area (Å²) in [5.74, 6) is -0.472. The monoisotopic (exact) mass is 373 g/mol. The minimum atomic E-state index is -0.958. The molecule has 0 aromatic carbocycles. The molecule has 0 saturated carbocycles. The molecular formula is C19H27N5O3. The van der Waals surface area contributed by atoms with Crippen molar-refractivity contribution in [3.63, 3.8) is 0 Å². The molecule has 0 aliphatic carbocycles. The maximum Gasteiger partial charge on any atom is 0.339 e. The van der Waals surface area contributed by atoms with E-state index in [1.807, 2.05) is 16.5 Å². The van der Waals surface area contributed by atoms with Gasteiger partial charge in [0.25, 0.3) is 5.91 Å². The zero-order valence-corrected chi connectivity index (χ0v) is 16.3. The molecule has 1 fully saturated rings. The lowest BCUT2D eigenvalue weighted by atomic mass is 10.0. The van der Waals surface area contributed by atoms with Gasteiger partial charge < -0.3 is 10.0 Å². The summed E-state index contributed by atoms with van der Waals surface area (Å²) in [6, 6.07) is 0.118. The van der Waals surface area contributed by atoms with Crippen LogP contribution in [-0.2, 0) is 6.54 Å². The van der Waals surface area contributed by atoms with Crippen LogP contribution in [0.15, 0.2) is 12.4 Å². The molecule has 1 N–H and O–H groups in total. The van der Waals surface area contributed by atoms with Crippen LogP contribution in [-0.4, -0.2) is 54.5 Å². The van der Waals surface area contributed by atoms with E-state index in [1.165, 1.54) is 6.20 Å². The van der Waals surface area contributed by atoms with Crippen LogP contribution in [0.2, 0.25) is 0 Å². The number of hydrogen-bond acceptors (Lipinski definition) is 4. The Morgan fingerprint density at radius 3 is 2.30 bits per heavy atom. The van der Waals surface area contributed by atoms with E-state index in [2.05, 4.69) is 24.0 Å². The lowest BCUT2D eigenvalue weighted by Gasteiger charge is -2.32. The number of carboxylic acids is 1. The van der Waals surface area contributed by atoms with E-state index < -0.39 is 5.97 Å². The van der Waals surface area contributed by atoms with Gasteiger partial charge in [-0.05, 0) is 32.6 Å². The molecule has 0 bridgehead atoms. The topological polar surface area (TPSA) is 93.2 Å². The number of piperidine rings is 1. The molecule has 1 aliphatic heterocycles. The van der Waals surface area contributed by atoms with Gasteiger partial charge in [-0.3, -0.25) is 14.2 Å². The molecule has 8 heteroatoms. The number of nitrogens with zero attached hydrogens (tertiary/aromatic N) is 5. The van der Waals surface area contributed by atoms with Crippen LogP contribution in [0.4, 0.5) is 0 Å². The summed E-state index contributed by atoms with van der Waals surface area (Å²) in [4.78, 5) is 26.0. The number of hydrogen-bond donors (Lipinski definition) is 1. The Kier molecular flexibility index (Phi) is 5.34. The van der Waals surface area contributed by atoms with E-state index in [0.717, 1.165) is 25.1 Å². The lowest BCUT2D eigenvalue weighted by molar-refractivity contribution is 0.0687. The number of carboxylic acid groups (broad SMARTS) is 1. The van der Waals surface area contributed by atoms with Crippen molar-refractivity contribution in [1.29, 1.82) is 0 Å². The van der Waals surface area contributed by atoms with Gasteiger partial charge in [0.05, 0.1) is 29.7 Å². The molecule has 3 rings (SSSR count). The van der Waals surface area contributed by atoms with Crippen LogP contribution in [0.1, 0.15) is 64.8 Å². The van der Waals surface area contributed by atoms with Gasteiger partial charge in [0.15, 0.2) is 0 Å². The first kappa shape index (κ1) is 19.1. The standard InChI is InChI=1S/C19H27N5O3/c1-12(2)11-23-13(3)16(9-20-23)18(25)22-7-5-15(6-8-22)24-14(4)17(10-21-24)19(26)27/h9-10,12,15H,5-8,11H2,1-4H3,(H,26,27).